The molecule has 3 amide bonds. The third-order valence-electron chi connectivity index (χ3n) is 9.35. The van der Waals surface area contributed by atoms with E-state index in [1.807, 2.05) is 68.4 Å². The normalized spacial score (nSPS) is 15.7. The van der Waals surface area contributed by atoms with Gasteiger partial charge in [0.1, 0.15) is 18.7 Å². The molecule has 52 heavy (non-hydrogen) atoms. The molecule has 0 spiro atoms. The predicted molar refractivity (Wildman–Crippen MR) is 194 cm³/mol. The molecule has 5 N–H and O–H groups in total. The number of ketones is 1. The molecule has 274 valence electrons. The molecule has 5 rings (SSSR count). The number of amides is 3. The molecule has 2 aliphatic rings. The van der Waals surface area contributed by atoms with Gasteiger partial charge < -0.3 is 30.9 Å². The van der Waals surface area contributed by atoms with Crippen LogP contribution >= 0.6 is 0 Å². The molecule has 3 aromatic rings. The van der Waals surface area contributed by atoms with Crippen molar-refractivity contribution in [3.05, 3.63) is 107 Å². The maximum Gasteiger partial charge on any atom is 0.407 e. The van der Waals surface area contributed by atoms with Crippen molar-refractivity contribution in [2.45, 2.75) is 57.2 Å². The van der Waals surface area contributed by atoms with E-state index in [0.717, 1.165) is 27.8 Å². The van der Waals surface area contributed by atoms with E-state index >= 15 is 0 Å². The van der Waals surface area contributed by atoms with Gasteiger partial charge in [-0.1, -0.05) is 98.8 Å². The monoisotopic (exact) mass is 710 g/mol. The van der Waals surface area contributed by atoms with E-state index in [2.05, 4.69) is 16.0 Å². The fraction of sp³-hybridized carbons (Fsp3) is 0.375. The molecule has 1 aliphatic carbocycles. The van der Waals surface area contributed by atoms with Crippen LogP contribution in [0.4, 0.5) is 4.79 Å². The summed E-state index contributed by atoms with van der Waals surface area (Å²) in [6.07, 6.45) is 1.69. The number of fused-ring (bicyclic) bond motifs is 3. The van der Waals surface area contributed by atoms with Crippen LogP contribution in [0.1, 0.15) is 49.3 Å². The highest BCUT2D eigenvalue weighted by molar-refractivity contribution is 5.95. The molecule has 0 saturated carbocycles. The van der Waals surface area contributed by atoms with Crippen LogP contribution < -0.4 is 16.0 Å². The van der Waals surface area contributed by atoms with E-state index in [1.54, 1.807) is 35.2 Å². The SMILES string of the molecule is CC(C)C[C@H](NC(=O)[C@H](CO)NC(=O)[C@H](Cc1ccccc1)NC(=O)OCC1c2ccccc2-c2ccccc21)C(=O)CN1CCC=C(C(=O)O)C1. The second-order valence-electron chi connectivity index (χ2n) is 13.6. The van der Waals surface area contributed by atoms with Gasteiger partial charge in [-0.05, 0) is 46.6 Å². The molecule has 0 radical (unpaired) electrons. The lowest BCUT2D eigenvalue weighted by Crippen LogP contribution is -2.58. The highest BCUT2D eigenvalue weighted by Gasteiger charge is 2.33. The van der Waals surface area contributed by atoms with E-state index in [4.69, 9.17) is 4.74 Å². The van der Waals surface area contributed by atoms with Crippen LogP contribution in [0.5, 0.6) is 0 Å². The summed E-state index contributed by atoms with van der Waals surface area (Å²) >= 11 is 0. The summed E-state index contributed by atoms with van der Waals surface area (Å²) in [6, 6.07) is 21.4. The molecule has 1 aliphatic heterocycles. The number of hydrogen-bond donors (Lipinski definition) is 5. The number of nitrogens with one attached hydrogen (secondary N) is 3. The number of carboxylic acid groups (broad SMARTS) is 1. The molecule has 1 heterocycles. The van der Waals surface area contributed by atoms with Crippen molar-refractivity contribution in [2.75, 3.05) is 32.8 Å². The largest absolute Gasteiger partial charge is 0.478 e. The Labute approximate surface area is 303 Å². The van der Waals surface area contributed by atoms with Crippen LogP contribution in [0.2, 0.25) is 0 Å². The number of carbonyl (C=O) groups excluding carboxylic acids is 4. The molecule has 0 fully saturated rings. The van der Waals surface area contributed by atoms with Crippen molar-refractivity contribution in [3.63, 3.8) is 0 Å². The number of carboxylic acids is 1. The quantitative estimate of drug-likeness (QED) is 0.149. The Morgan fingerprint density at radius 1 is 0.808 bits per heavy atom. The zero-order chi connectivity index (χ0) is 37.2. The zero-order valence-electron chi connectivity index (χ0n) is 29.4. The van der Waals surface area contributed by atoms with Crippen molar-refractivity contribution in [3.8, 4) is 11.1 Å². The van der Waals surface area contributed by atoms with Crippen LogP contribution in [0.25, 0.3) is 11.1 Å². The number of hydrogen-bond acceptors (Lipinski definition) is 8. The lowest BCUT2D eigenvalue weighted by atomic mass is 9.98. The minimum Gasteiger partial charge on any atom is -0.478 e. The molecule has 12 nitrogen and oxygen atoms in total. The number of carbonyl (C=O) groups is 5. The summed E-state index contributed by atoms with van der Waals surface area (Å²) in [5, 5.41) is 27.5. The third kappa shape index (κ3) is 9.71. The van der Waals surface area contributed by atoms with Gasteiger partial charge in [0.25, 0.3) is 0 Å². The molecule has 12 heteroatoms. The van der Waals surface area contributed by atoms with Crippen LogP contribution in [-0.2, 0) is 30.3 Å². The van der Waals surface area contributed by atoms with Crippen molar-refractivity contribution >= 4 is 29.7 Å². The minimum atomic E-state index is -1.42. The maximum absolute atomic E-state index is 13.7. The Morgan fingerprint density at radius 2 is 1.40 bits per heavy atom. The Kier molecular flexibility index (Phi) is 12.9. The number of nitrogens with zero attached hydrogens (tertiary/aromatic N) is 1. The first-order chi connectivity index (χ1) is 25.0. The number of aliphatic hydroxyl groups excluding tert-OH is 1. The number of benzene rings is 3. The summed E-state index contributed by atoms with van der Waals surface area (Å²) in [6.45, 7) is 3.61. The Bertz CT molecular complexity index is 1750. The smallest absolute Gasteiger partial charge is 0.407 e. The van der Waals surface area contributed by atoms with E-state index in [1.165, 1.54) is 0 Å². The molecule has 0 bridgehead atoms. The molecule has 0 saturated heterocycles. The summed E-state index contributed by atoms with van der Waals surface area (Å²) in [5.74, 6) is -3.00. The second-order valence-corrected chi connectivity index (χ2v) is 13.6. The van der Waals surface area contributed by atoms with Crippen LogP contribution in [0, 0.1) is 5.92 Å². The molecular formula is C40H46N4O8. The first kappa shape index (κ1) is 37.9. The lowest BCUT2D eigenvalue weighted by Gasteiger charge is -2.28. The minimum absolute atomic E-state index is 0.0175. The Hall–Kier alpha value is -5.33. The summed E-state index contributed by atoms with van der Waals surface area (Å²) in [5.41, 5.74) is 5.19. The lowest BCUT2D eigenvalue weighted by molar-refractivity contribution is -0.134. The highest BCUT2D eigenvalue weighted by Crippen LogP contribution is 2.44. The van der Waals surface area contributed by atoms with E-state index in [-0.39, 0.29) is 49.3 Å². The molecule has 3 aromatic carbocycles. The van der Waals surface area contributed by atoms with Crippen molar-refractivity contribution in [1.82, 2.24) is 20.9 Å². The number of aliphatic hydroxyl groups is 1. The first-order valence-corrected chi connectivity index (χ1v) is 17.6. The van der Waals surface area contributed by atoms with Crippen LogP contribution in [0.15, 0.2) is 90.5 Å². The Balaban J connectivity index is 1.23. The van der Waals surface area contributed by atoms with Gasteiger partial charge in [0.15, 0.2) is 5.78 Å². The van der Waals surface area contributed by atoms with Gasteiger partial charge in [0.2, 0.25) is 11.8 Å². The summed E-state index contributed by atoms with van der Waals surface area (Å²) in [7, 11) is 0. The molecule has 0 unspecified atom stereocenters. The van der Waals surface area contributed by atoms with Gasteiger partial charge in [-0.15, -0.1) is 0 Å². The van der Waals surface area contributed by atoms with E-state index < -0.39 is 48.6 Å². The van der Waals surface area contributed by atoms with Gasteiger partial charge in [0, 0.05) is 31.0 Å². The van der Waals surface area contributed by atoms with Crippen LogP contribution in [-0.4, -0.2) is 95.7 Å². The van der Waals surface area contributed by atoms with Gasteiger partial charge in [0.05, 0.1) is 19.2 Å². The average Bonchev–Trinajstić information content (AvgIpc) is 3.46. The number of Topliss-reactive ketones (excluding diaryl/α,β-unsaturated/α-hetero) is 1. The summed E-state index contributed by atoms with van der Waals surface area (Å²) < 4.78 is 5.70. The fourth-order valence-electron chi connectivity index (χ4n) is 6.75. The third-order valence-corrected chi connectivity index (χ3v) is 9.35. The molecular weight excluding hydrogens is 664 g/mol. The van der Waals surface area contributed by atoms with E-state index in [9.17, 15) is 34.2 Å². The average molecular weight is 711 g/mol. The topological polar surface area (TPSA) is 174 Å². The highest BCUT2D eigenvalue weighted by atomic mass is 16.5. The van der Waals surface area contributed by atoms with Gasteiger partial charge in [-0.25, -0.2) is 9.59 Å². The fourth-order valence-corrected chi connectivity index (χ4v) is 6.75. The van der Waals surface area contributed by atoms with Crippen LogP contribution in [0.3, 0.4) is 0 Å². The van der Waals surface area contributed by atoms with Gasteiger partial charge >= 0.3 is 12.1 Å². The number of alkyl carbamates (subject to hydrolysis) is 1. The maximum atomic E-state index is 13.7. The van der Waals surface area contributed by atoms with Crippen molar-refractivity contribution in [1.29, 1.82) is 0 Å². The summed E-state index contributed by atoms with van der Waals surface area (Å²) in [4.78, 5) is 66.9. The molecule has 3 atom stereocenters. The predicted octanol–water partition coefficient (Wildman–Crippen LogP) is 3.43. The Morgan fingerprint density at radius 3 is 2.02 bits per heavy atom. The molecule has 0 aromatic heterocycles. The number of ether oxygens (including phenoxy) is 1. The van der Waals surface area contributed by atoms with Crippen molar-refractivity contribution < 1.29 is 38.9 Å². The number of rotatable bonds is 16. The van der Waals surface area contributed by atoms with Gasteiger partial charge in [-0.2, -0.15) is 0 Å². The second kappa shape index (κ2) is 17.7. The standard InChI is InChI=1S/C40H46N4O8/c1-25(2)19-33(36(46)22-44-18-10-13-27(21-44)39(49)50)41-38(48)35(23-45)42-37(47)34(20-26-11-4-3-5-12-26)43-40(51)52-24-32-30-16-8-6-14-28(30)29-15-7-9-17-31(29)32/h3-9,11-17,25,32-35,45H,10,18-24H2,1-2H3,(H,41,48)(H,42,47)(H,43,51)(H,49,50)/t33-,34-,35-/m0/s1. The van der Waals surface area contributed by atoms with Gasteiger partial charge in [-0.3, -0.25) is 19.3 Å². The van der Waals surface area contributed by atoms with Crippen molar-refractivity contribution in [2.24, 2.45) is 5.92 Å². The number of aliphatic carboxylic acids is 1. The first-order valence-electron chi connectivity index (χ1n) is 17.6. The zero-order valence-corrected chi connectivity index (χ0v) is 29.4. The van der Waals surface area contributed by atoms with E-state index in [0.29, 0.717) is 19.4 Å².